The van der Waals surface area contributed by atoms with E-state index in [2.05, 4.69) is 0 Å². The number of hydrogen-bond donors (Lipinski definition) is 2. The van der Waals surface area contributed by atoms with Gasteiger partial charge >= 0.3 is 0 Å². The van der Waals surface area contributed by atoms with Crippen LogP contribution in [0.1, 0.15) is 6.42 Å². The van der Waals surface area contributed by atoms with Gasteiger partial charge in [-0.15, -0.1) is 0 Å². The first-order valence-electron chi connectivity index (χ1n) is 4.22. The van der Waals surface area contributed by atoms with Gasteiger partial charge in [0.2, 0.25) is 0 Å². The molecule has 1 heterocycles. The predicted molar refractivity (Wildman–Crippen MR) is 44.2 cm³/mol. The van der Waals surface area contributed by atoms with Crippen LogP contribution in [0.25, 0.3) is 0 Å². The lowest BCUT2D eigenvalue weighted by atomic mass is 10.0. The minimum atomic E-state index is -0.881. The molecule has 0 saturated carbocycles. The van der Waals surface area contributed by atoms with Crippen molar-refractivity contribution in [3.63, 3.8) is 0 Å². The first-order chi connectivity index (χ1) is 6.19. The van der Waals surface area contributed by atoms with E-state index in [1.807, 2.05) is 0 Å². The molecule has 0 aromatic carbocycles. The van der Waals surface area contributed by atoms with Crippen molar-refractivity contribution >= 4 is 0 Å². The fourth-order valence-corrected chi connectivity index (χ4v) is 1.45. The zero-order chi connectivity index (χ0) is 9.84. The van der Waals surface area contributed by atoms with E-state index in [1.165, 1.54) is 14.2 Å². The molecule has 1 rings (SSSR count). The Hall–Kier alpha value is -0.200. The molecule has 0 aromatic heterocycles. The van der Waals surface area contributed by atoms with Gasteiger partial charge < -0.3 is 24.4 Å². The van der Waals surface area contributed by atoms with Crippen LogP contribution < -0.4 is 0 Å². The molecular formula is C8H16O5. The van der Waals surface area contributed by atoms with Gasteiger partial charge in [-0.1, -0.05) is 0 Å². The summed E-state index contributed by atoms with van der Waals surface area (Å²) < 4.78 is 14.9. The molecule has 1 saturated heterocycles. The van der Waals surface area contributed by atoms with E-state index in [-0.39, 0.29) is 19.1 Å². The van der Waals surface area contributed by atoms with Gasteiger partial charge in [-0.2, -0.15) is 0 Å². The molecule has 0 aromatic rings. The van der Waals surface area contributed by atoms with Crippen LogP contribution >= 0.6 is 0 Å². The van der Waals surface area contributed by atoms with Crippen molar-refractivity contribution in [3.8, 4) is 0 Å². The summed E-state index contributed by atoms with van der Waals surface area (Å²) >= 11 is 0. The minimum absolute atomic E-state index is 0.248. The normalized spacial score (nSPS) is 40.6. The van der Waals surface area contributed by atoms with Crippen molar-refractivity contribution in [3.05, 3.63) is 0 Å². The Labute approximate surface area is 77.2 Å². The molecule has 1 aliphatic rings. The van der Waals surface area contributed by atoms with Gasteiger partial charge in [-0.25, -0.2) is 0 Å². The van der Waals surface area contributed by atoms with Gasteiger partial charge in [0.05, 0.1) is 12.7 Å². The number of aliphatic hydroxyl groups excluding tert-OH is 2. The average molecular weight is 192 g/mol. The van der Waals surface area contributed by atoms with Crippen LogP contribution in [0.4, 0.5) is 0 Å². The zero-order valence-electron chi connectivity index (χ0n) is 7.84. The molecule has 2 N–H and O–H groups in total. The van der Waals surface area contributed by atoms with E-state index >= 15 is 0 Å². The Balaban J connectivity index is 2.52. The van der Waals surface area contributed by atoms with E-state index in [0.717, 1.165) is 0 Å². The van der Waals surface area contributed by atoms with Crippen molar-refractivity contribution in [1.82, 2.24) is 0 Å². The SMILES string of the molecule is COC[C@H]1O[C@@H](O)C[C@@H](OC)[C@H]1O. The van der Waals surface area contributed by atoms with E-state index in [4.69, 9.17) is 14.2 Å². The second kappa shape index (κ2) is 4.88. The lowest BCUT2D eigenvalue weighted by molar-refractivity contribution is -0.245. The number of rotatable bonds is 3. The third kappa shape index (κ3) is 2.62. The summed E-state index contributed by atoms with van der Waals surface area (Å²) in [7, 11) is 3.01. The molecule has 0 aliphatic carbocycles. The van der Waals surface area contributed by atoms with Crippen LogP contribution in [-0.4, -0.2) is 55.6 Å². The molecular weight excluding hydrogens is 176 g/mol. The third-order valence-corrected chi connectivity index (χ3v) is 2.16. The average Bonchev–Trinajstić information content (AvgIpc) is 2.11. The predicted octanol–water partition coefficient (Wildman–Crippen LogP) is -0.884. The first-order valence-corrected chi connectivity index (χ1v) is 4.22. The maximum atomic E-state index is 9.64. The van der Waals surface area contributed by atoms with E-state index in [0.29, 0.717) is 0 Å². The molecule has 0 radical (unpaired) electrons. The van der Waals surface area contributed by atoms with Crippen LogP contribution in [-0.2, 0) is 14.2 Å². The van der Waals surface area contributed by atoms with Crippen LogP contribution in [0, 0.1) is 0 Å². The highest BCUT2D eigenvalue weighted by Crippen LogP contribution is 2.21. The van der Waals surface area contributed by atoms with Gasteiger partial charge in [0.15, 0.2) is 6.29 Å². The molecule has 0 unspecified atom stereocenters. The molecule has 5 heteroatoms. The van der Waals surface area contributed by atoms with Gasteiger partial charge in [-0.05, 0) is 0 Å². The molecule has 1 aliphatic heterocycles. The van der Waals surface area contributed by atoms with E-state index in [9.17, 15) is 10.2 Å². The van der Waals surface area contributed by atoms with Gasteiger partial charge in [-0.3, -0.25) is 0 Å². The summed E-state index contributed by atoms with van der Waals surface area (Å²) in [6, 6.07) is 0. The van der Waals surface area contributed by atoms with Crippen molar-refractivity contribution in [2.45, 2.75) is 31.0 Å². The van der Waals surface area contributed by atoms with E-state index < -0.39 is 18.5 Å². The highest BCUT2D eigenvalue weighted by atomic mass is 16.6. The Kier molecular flexibility index (Phi) is 4.08. The third-order valence-electron chi connectivity index (χ3n) is 2.16. The Bertz CT molecular complexity index is 151. The highest BCUT2D eigenvalue weighted by Gasteiger charge is 2.36. The standard InChI is InChI=1S/C8H16O5/c1-11-4-6-8(10)5(12-2)3-7(9)13-6/h5-10H,3-4H2,1-2H3/t5-,6-,7-,8-/m1/s1. The molecule has 5 nitrogen and oxygen atoms in total. The van der Waals surface area contributed by atoms with Crippen LogP contribution in [0.2, 0.25) is 0 Å². The molecule has 0 spiro atoms. The summed E-state index contributed by atoms with van der Waals surface area (Å²) in [4.78, 5) is 0. The molecule has 78 valence electrons. The van der Waals surface area contributed by atoms with Crippen molar-refractivity contribution < 1.29 is 24.4 Å². The summed E-state index contributed by atoms with van der Waals surface area (Å²) in [6.07, 6.45) is -2.23. The van der Waals surface area contributed by atoms with Crippen LogP contribution in [0.15, 0.2) is 0 Å². The lowest BCUT2D eigenvalue weighted by Crippen LogP contribution is -2.50. The zero-order valence-corrected chi connectivity index (χ0v) is 7.84. The summed E-state index contributed by atoms with van der Waals surface area (Å²) in [5, 5.41) is 18.9. The number of hydrogen-bond acceptors (Lipinski definition) is 5. The Morgan fingerprint density at radius 2 is 2.08 bits per heavy atom. The lowest BCUT2D eigenvalue weighted by Gasteiger charge is -2.36. The molecule has 1 fully saturated rings. The monoisotopic (exact) mass is 192 g/mol. The van der Waals surface area contributed by atoms with Gasteiger partial charge in [0.25, 0.3) is 0 Å². The van der Waals surface area contributed by atoms with Crippen LogP contribution in [0.3, 0.4) is 0 Å². The molecule has 4 atom stereocenters. The minimum Gasteiger partial charge on any atom is -0.388 e. The van der Waals surface area contributed by atoms with Crippen molar-refractivity contribution in [2.75, 3.05) is 20.8 Å². The quantitative estimate of drug-likeness (QED) is 0.607. The van der Waals surface area contributed by atoms with Crippen molar-refractivity contribution in [1.29, 1.82) is 0 Å². The molecule has 13 heavy (non-hydrogen) atoms. The molecule has 0 bridgehead atoms. The van der Waals surface area contributed by atoms with Gasteiger partial charge in [0.1, 0.15) is 12.2 Å². The molecule has 0 amide bonds. The summed E-state index contributed by atoms with van der Waals surface area (Å²) in [6.45, 7) is 0.248. The number of methoxy groups -OCH3 is 2. The number of aliphatic hydroxyl groups is 2. The topological polar surface area (TPSA) is 68.2 Å². The maximum absolute atomic E-state index is 9.64. The fourth-order valence-electron chi connectivity index (χ4n) is 1.45. The largest absolute Gasteiger partial charge is 0.388 e. The van der Waals surface area contributed by atoms with E-state index in [1.54, 1.807) is 0 Å². The first kappa shape index (κ1) is 10.9. The second-order valence-corrected chi connectivity index (χ2v) is 3.08. The number of ether oxygens (including phenoxy) is 3. The Morgan fingerprint density at radius 3 is 2.62 bits per heavy atom. The fraction of sp³-hybridized carbons (Fsp3) is 1.00. The smallest absolute Gasteiger partial charge is 0.157 e. The second-order valence-electron chi connectivity index (χ2n) is 3.08. The van der Waals surface area contributed by atoms with Gasteiger partial charge in [0, 0.05) is 20.6 Å². The summed E-state index contributed by atoms with van der Waals surface area (Å²) in [5.74, 6) is 0. The summed E-state index contributed by atoms with van der Waals surface area (Å²) in [5.41, 5.74) is 0. The Morgan fingerprint density at radius 1 is 1.38 bits per heavy atom. The highest BCUT2D eigenvalue weighted by molar-refractivity contribution is 4.83. The van der Waals surface area contributed by atoms with Crippen LogP contribution in [0.5, 0.6) is 0 Å². The maximum Gasteiger partial charge on any atom is 0.157 e. The van der Waals surface area contributed by atoms with Crippen molar-refractivity contribution in [2.24, 2.45) is 0 Å².